The summed E-state index contributed by atoms with van der Waals surface area (Å²) in [4.78, 5) is 14.8. The van der Waals surface area contributed by atoms with Crippen LogP contribution in [-0.4, -0.2) is 38.4 Å². The van der Waals surface area contributed by atoms with E-state index in [4.69, 9.17) is 4.74 Å². The number of carbonyl (C=O) groups excluding carboxylic acids is 1. The zero-order valence-electron chi connectivity index (χ0n) is 13.8. The van der Waals surface area contributed by atoms with Crippen molar-refractivity contribution in [3.05, 3.63) is 65.5 Å². The Morgan fingerprint density at radius 2 is 1.91 bits per heavy atom. The van der Waals surface area contributed by atoms with Gasteiger partial charge in [-0.2, -0.15) is 0 Å². The minimum absolute atomic E-state index is 0.0434. The minimum Gasteiger partial charge on any atom is -0.497 e. The van der Waals surface area contributed by atoms with Crippen LogP contribution in [-0.2, 0) is 6.42 Å². The van der Waals surface area contributed by atoms with Gasteiger partial charge >= 0.3 is 0 Å². The number of benzene rings is 2. The summed E-state index contributed by atoms with van der Waals surface area (Å²) in [5.41, 5.74) is 1.45. The summed E-state index contributed by atoms with van der Waals surface area (Å²) in [6.07, 6.45) is 0.506. The molecule has 23 heavy (non-hydrogen) atoms. The Labute approximate surface area is 136 Å². The Morgan fingerprint density at radius 1 is 1.17 bits per heavy atom. The summed E-state index contributed by atoms with van der Waals surface area (Å²) in [6, 6.07) is 13.6. The second-order valence-electron chi connectivity index (χ2n) is 5.89. The monoisotopic (exact) mass is 315 g/mol. The zero-order valence-corrected chi connectivity index (χ0v) is 13.8. The molecule has 0 heterocycles. The van der Waals surface area contributed by atoms with E-state index >= 15 is 0 Å². The van der Waals surface area contributed by atoms with Gasteiger partial charge in [-0.15, -0.1) is 0 Å². The van der Waals surface area contributed by atoms with E-state index in [2.05, 4.69) is 0 Å². The molecule has 0 fully saturated rings. The number of rotatable bonds is 7. The molecule has 1 atom stereocenters. The minimum atomic E-state index is -0.278. The number of hydrogen-bond acceptors (Lipinski definition) is 3. The molecule has 0 aliphatic rings. The van der Waals surface area contributed by atoms with Crippen molar-refractivity contribution in [3.8, 4) is 5.75 Å². The van der Waals surface area contributed by atoms with Crippen LogP contribution in [0.15, 0.2) is 48.5 Å². The van der Waals surface area contributed by atoms with Gasteiger partial charge in [-0.05, 0) is 50.3 Å². The third-order valence-corrected chi connectivity index (χ3v) is 3.68. The first kappa shape index (κ1) is 17.2. The highest BCUT2D eigenvalue weighted by Gasteiger charge is 2.22. The fourth-order valence-corrected chi connectivity index (χ4v) is 2.64. The van der Waals surface area contributed by atoms with Crippen molar-refractivity contribution in [1.29, 1.82) is 0 Å². The highest BCUT2D eigenvalue weighted by Crippen LogP contribution is 2.20. The molecule has 0 bridgehead atoms. The number of halogens is 1. The predicted octanol–water partition coefficient (Wildman–Crippen LogP) is 3.44. The van der Waals surface area contributed by atoms with E-state index in [0.717, 1.165) is 5.56 Å². The molecular formula is C19H22FNO2. The number of hydrogen-bond donors (Lipinski definition) is 0. The van der Waals surface area contributed by atoms with E-state index in [1.54, 1.807) is 31.4 Å². The van der Waals surface area contributed by atoms with E-state index in [1.165, 1.54) is 12.1 Å². The third kappa shape index (κ3) is 4.89. The van der Waals surface area contributed by atoms with Crippen LogP contribution in [0.25, 0.3) is 0 Å². The summed E-state index contributed by atoms with van der Waals surface area (Å²) in [6.45, 7) is 0.604. The van der Waals surface area contributed by atoms with Crippen LogP contribution in [0.2, 0.25) is 0 Å². The van der Waals surface area contributed by atoms with Gasteiger partial charge in [0.15, 0.2) is 5.78 Å². The molecule has 4 heteroatoms. The summed E-state index contributed by atoms with van der Waals surface area (Å²) >= 11 is 0. The smallest absolute Gasteiger partial charge is 0.167 e. The van der Waals surface area contributed by atoms with Crippen molar-refractivity contribution in [1.82, 2.24) is 4.90 Å². The van der Waals surface area contributed by atoms with Crippen LogP contribution in [0.5, 0.6) is 5.75 Å². The molecule has 0 aromatic heterocycles. The van der Waals surface area contributed by atoms with Crippen LogP contribution >= 0.6 is 0 Å². The quantitative estimate of drug-likeness (QED) is 0.733. The fraction of sp³-hybridized carbons (Fsp3) is 0.316. The molecule has 0 saturated heterocycles. The fourth-order valence-electron chi connectivity index (χ4n) is 2.64. The summed E-state index contributed by atoms with van der Waals surface area (Å²) < 4.78 is 18.6. The van der Waals surface area contributed by atoms with E-state index in [-0.39, 0.29) is 17.5 Å². The number of methoxy groups -OCH3 is 1. The Balaban J connectivity index is 2.24. The van der Waals surface area contributed by atoms with Gasteiger partial charge in [0.25, 0.3) is 0 Å². The molecule has 2 rings (SSSR count). The third-order valence-electron chi connectivity index (χ3n) is 3.68. The SMILES string of the molecule is COc1cccc(C(=O)C(Cc2cccc(F)c2)CN(C)C)c1. The van der Waals surface area contributed by atoms with Gasteiger partial charge in [0.2, 0.25) is 0 Å². The van der Waals surface area contributed by atoms with Crippen molar-refractivity contribution in [3.63, 3.8) is 0 Å². The van der Waals surface area contributed by atoms with Gasteiger partial charge in [-0.1, -0.05) is 24.3 Å². The Kier molecular flexibility index (Phi) is 5.88. The lowest BCUT2D eigenvalue weighted by Crippen LogP contribution is -2.29. The van der Waals surface area contributed by atoms with E-state index in [1.807, 2.05) is 31.1 Å². The van der Waals surface area contributed by atoms with Gasteiger partial charge in [0.05, 0.1) is 7.11 Å². The second-order valence-corrected chi connectivity index (χ2v) is 5.89. The van der Waals surface area contributed by atoms with E-state index < -0.39 is 0 Å². The number of Topliss-reactive ketones (excluding diaryl/α,β-unsaturated/α-hetero) is 1. The lowest BCUT2D eigenvalue weighted by Gasteiger charge is -2.20. The highest BCUT2D eigenvalue weighted by molar-refractivity contribution is 5.98. The standard InChI is InChI=1S/C19H22FNO2/c1-21(2)13-16(10-14-6-4-8-17(20)11-14)19(22)15-7-5-9-18(12-15)23-3/h4-9,11-12,16H,10,13H2,1-3H3. The molecule has 0 amide bonds. The van der Waals surface area contributed by atoms with E-state index in [0.29, 0.717) is 24.3 Å². The van der Waals surface area contributed by atoms with Crippen LogP contribution in [0.1, 0.15) is 15.9 Å². The largest absolute Gasteiger partial charge is 0.497 e. The van der Waals surface area contributed by atoms with Crippen LogP contribution in [0.3, 0.4) is 0 Å². The van der Waals surface area contributed by atoms with Crippen molar-refractivity contribution in [2.24, 2.45) is 5.92 Å². The lowest BCUT2D eigenvalue weighted by atomic mass is 9.90. The van der Waals surface area contributed by atoms with Gasteiger partial charge < -0.3 is 9.64 Å². The zero-order chi connectivity index (χ0) is 16.8. The van der Waals surface area contributed by atoms with Crippen LogP contribution in [0.4, 0.5) is 4.39 Å². The maximum Gasteiger partial charge on any atom is 0.167 e. The maximum atomic E-state index is 13.4. The average molecular weight is 315 g/mol. The molecule has 2 aromatic rings. The molecule has 3 nitrogen and oxygen atoms in total. The van der Waals surface area contributed by atoms with Crippen LogP contribution < -0.4 is 4.74 Å². The summed E-state index contributed by atoms with van der Waals surface area (Å²) in [7, 11) is 5.43. The highest BCUT2D eigenvalue weighted by atomic mass is 19.1. The molecule has 1 unspecified atom stereocenters. The second kappa shape index (κ2) is 7.88. The van der Waals surface area contributed by atoms with Gasteiger partial charge in [-0.25, -0.2) is 4.39 Å². The molecule has 122 valence electrons. The molecular weight excluding hydrogens is 293 g/mol. The average Bonchev–Trinajstić information content (AvgIpc) is 2.53. The van der Waals surface area contributed by atoms with Crippen LogP contribution in [0, 0.1) is 11.7 Å². The Bertz CT molecular complexity index is 670. The molecule has 0 saturated carbocycles. The number of nitrogens with zero attached hydrogens (tertiary/aromatic N) is 1. The van der Waals surface area contributed by atoms with Crippen molar-refractivity contribution >= 4 is 5.78 Å². The molecule has 0 aliphatic carbocycles. The first-order chi connectivity index (χ1) is 11.0. The molecule has 0 spiro atoms. The number of carbonyl (C=O) groups is 1. The Morgan fingerprint density at radius 3 is 2.57 bits per heavy atom. The predicted molar refractivity (Wildman–Crippen MR) is 89.5 cm³/mol. The van der Waals surface area contributed by atoms with Crippen molar-refractivity contribution < 1.29 is 13.9 Å². The van der Waals surface area contributed by atoms with Gasteiger partial charge in [-0.3, -0.25) is 4.79 Å². The normalized spacial score (nSPS) is 12.2. The number of ketones is 1. The molecule has 0 radical (unpaired) electrons. The lowest BCUT2D eigenvalue weighted by molar-refractivity contribution is 0.0896. The Hall–Kier alpha value is -2.20. The van der Waals surface area contributed by atoms with Crippen molar-refractivity contribution in [2.45, 2.75) is 6.42 Å². The summed E-state index contributed by atoms with van der Waals surface area (Å²) in [5, 5.41) is 0. The number of ether oxygens (including phenoxy) is 1. The molecule has 0 aliphatic heterocycles. The maximum absolute atomic E-state index is 13.4. The first-order valence-corrected chi connectivity index (χ1v) is 7.57. The summed E-state index contributed by atoms with van der Waals surface area (Å²) in [5.74, 6) is 0.186. The van der Waals surface area contributed by atoms with Gasteiger partial charge in [0, 0.05) is 18.0 Å². The molecule has 2 aromatic carbocycles. The van der Waals surface area contributed by atoms with Crippen molar-refractivity contribution in [2.75, 3.05) is 27.7 Å². The van der Waals surface area contributed by atoms with Gasteiger partial charge in [0.1, 0.15) is 11.6 Å². The van der Waals surface area contributed by atoms with E-state index in [9.17, 15) is 9.18 Å². The molecule has 0 N–H and O–H groups in total. The first-order valence-electron chi connectivity index (χ1n) is 7.57. The topological polar surface area (TPSA) is 29.5 Å².